The number of nitrogens with zero attached hydrogens (tertiary/aromatic N) is 4. The largest absolute Gasteiger partial charge is 0.378 e. The lowest BCUT2D eigenvalue weighted by atomic mass is 9.44. The number of hydrogen-bond donors (Lipinski definition) is 2. The summed E-state index contributed by atoms with van der Waals surface area (Å²) in [4.78, 5) is 23.9. The van der Waals surface area contributed by atoms with Crippen molar-refractivity contribution in [3.8, 4) is 17.2 Å². The highest BCUT2D eigenvalue weighted by Crippen LogP contribution is 2.31. The van der Waals surface area contributed by atoms with Gasteiger partial charge >= 0.3 is 0 Å². The van der Waals surface area contributed by atoms with E-state index in [1.54, 1.807) is 6.20 Å². The van der Waals surface area contributed by atoms with Gasteiger partial charge in [0, 0.05) is 53.7 Å². The SMILES string of the molecule is N#CB1CCCC1C(=O)Nc1ccc(-c2ccnc(Nc3ccc(N4CCOCC4)cc3)n2)cc1. The van der Waals surface area contributed by atoms with Crippen LogP contribution in [0.2, 0.25) is 12.1 Å². The average Bonchev–Trinajstić information content (AvgIpc) is 3.40. The summed E-state index contributed by atoms with van der Waals surface area (Å²) in [6.07, 6.45) is 4.23. The first-order chi connectivity index (χ1) is 17.2. The fourth-order valence-corrected chi connectivity index (χ4v) is 4.67. The molecule has 8 nitrogen and oxygen atoms in total. The first kappa shape index (κ1) is 22.9. The van der Waals surface area contributed by atoms with Crippen LogP contribution in [0.25, 0.3) is 11.3 Å². The van der Waals surface area contributed by atoms with E-state index >= 15 is 0 Å². The van der Waals surface area contributed by atoms with Crippen molar-refractivity contribution < 1.29 is 9.53 Å². The van der Waals surface area contributed by atoms with E-state index in [1.807, 2.05) is 42.5 Å². The number of benzene rings is 2. The summed E-state index contributed by atoms with van der Waals surface area (Å²) in [7, 11) is 0. The van der Waals surface area contributed by atoms with E-state index in [-0.39, 0.29) is 18.4 Å². The molecule has 0 saturated carbocycles. The second-order valence-corrected chi connectivity index (χ2v) is 8.88. The molecule has 9 heteroatoms. The molecule has 2 aliphatic heterocycles. The van der Waals surface area contributed by atoms with Gasteiger partial charge in [0.1, 0.15) is 0 Å². The van der Waals surface area contributed by atoms with Crippen molar-refractivity contribution in [3.05, 3.63) is 60.8 Å². The number of anilines is 4. The Morgan fingerprint density at radius 3 is 2.54 bits per heavy atom. The van der Waals surface area contributed by atoms with E-state index in [2.05, 4.69) is 43.6 Å². The standard InChI is InChI=1S/C26H27BN6O2/c28-18-27-12-1-2-23(27)25(34)30-20-5-3-19(4-6-20)24-11-13-29-26(32-24)31-21-7-9-22(10-8-21)33-14-16-35-17-15-33/h3-11,13,23H,1-2,12,14-17H2,(H,30,34)(H,29,31,32). The fourth-order valence-electron chi connectivity index (χ4n) is 4.67. The molecule has 3 aromatic rings. The summed E-state index contributed by atoms with van der Waals surface area (Å²) in [6.45, 7) is 3.14. The van der Waals surface area contributed by atoms with Crippen LogP contribution in [0.5, 0.6) is 0 Å². The number of nitrogens with one attached hydrogen (secondary N) is 2. The Morgan fingerprint density at radius 1 is 1.06 bits per heavy atom. The van der Waals surface area contributed by atoms with Crippen molar-refractivity contribution >= 4 is 35.6 Å². The molecule has 2 saturated heterocycles. The van der Waals surface area contributed by atoms with Gasteiger partial charge in [-0.2, -0.15) is 0 Å². The normalized spacial score (nSPS) is 17.6. The zero-order chi connectivity index (χ0) is 24.0. The van der Waals surface area contributed by atoms with Gasteiger partial charge in [-0.1, -0.05) is 24.9 Å². The van der Waals surface area contributed by atoms with Gasteiger partial charge in [-0.15, -0.1) is 0 Å². The fraction of sp³-hybridized carbons (Fsp3) is 0.308. The lowest BCUT2D eigenvalue weighted by molar-refractivity contribution is -0.116. The third kappa shape index (κ3) is 5.44. The molecule has 3 heterocycles. The van der Waals surface area contributed by atoms with Crippen molar-refractivity contribution in [1.29, 1.82) is 5.26 Å². The molecule has 1 amide bonds. The monoisotopic (exact) mass is 466 g/mol. The van der Waals surface area contributed by atoms with Gasteiger partial charge in [-0.05, 0) is 48.9 Å². The second kappa shape index (κ2) is 10.6. The van der Waals surface area contributed by atoms with Crippen molar-refractivity contribution in [1.82, 2.24) is 9.97 Å². The Balaban J connectivity index is 1.22. The van der Waals surface area contributed by atoms with E-state index in [0.29, 0.717) is 5.95 Å². The van der Waals surface area contributed by atoms with Crippen LogP contribution in [-0.2, 0) is 9.53 Å². The van der Waals surface area contributed by atoms with Crippen LogP contribution in [0, 0.1) is 11.2 Å². The maximum atomic E-state index is 12.6. The molecule has 2 fully saturated rings. The highest BCUT2D eigenvalue weighted by molar-refractivity contribution is 6.72. The summed E-state index contributed by atoms with van der Waals surface area (Å²) in [6, 6.07) is 17.7. The van der Waals surface area contributed by atoms with Crippen LogP contribution in [0.1, 0.15) is 12.8 Å². The first-order valence-electron chi connectivity index (χ1n) is 12.0. The Bertz CT molecular complexity index is 1210. The number of amides is 1. The Kier molecular flexibility index (Phi) is 6.91. The lowest BCUT2D eigenvalue weighted by Gasteiger charge is -2.28. The van der Waals surface area contributed by atoms with Crippen molar-refractivity contribution in [2.75, 3.05) is 41.8 Å². The van der Waals surface area contributed by atoms with E-state index in [4.69, 9.17) is 4.74 Å². The maximum absolute atomic E-state index is 12.6. The zero-order valence-electron chi connectivity index (χ0n) is 19.5. The number of rotatable bonds is 6. The molecular weight excluding hydrogens is 439 g/mol. The molecule has 0 aliphatic carbocycles. The first-order valence-corrected chi connectivity index (χ1v) is 12.0. The smallest absolute Gasteiger partial charge is 0.280 e. The molecule has 2 aromatic carbocycles. The minimum Gasteiger partial charge on any atom is -0.378 e. The molecule has 0 radical (unpaired) electrons. The molecule has 0 spiro atoms. The number of carbonyl (C=O) groups excluding carboxylic acids is 1. The van der Waals surface area contributed by atoms with E-state index in [9.17, 15) is 10.1 Å². The highest BCUT2D eigenvalue weighted by Gasteiger charge is 2.36. The topological polar surface area (TPSA) is 103 Å². The predicted molar refractivity (Wildman–Crippen MR) is 138 cm³/mol. The summed E-state index contributed by atoms with van der Waals surface area (Å²) >= 11 is 0. The van der Waals surface area contributed by atoms with Crippen LogP contribution in [0.4, 0.5) is 23.0 Å². The summed E-state index contributed by atoms with van der Waals surface area (Å²) in [5, 5.41) is 15.5. The van der Waals surface area contributed by atoms with Gasteiger partial charge in [0.05, 0.1) is 18.9 Å². The molecule has 1 unspecified atom stereocenters. The van der Waals surface area contributed by atoms with Crippen molar-refractivity contribution in [2.24, 2.45) is 0 Å². The maximum Gasteiger partial charge on any atom is 0.280 e. The third-order valence-corrected chi connectivity index (χ3v) is 6.62. The van der Waals surface area contributed by atoms with Gasteiger partial charge in [0.15, 0.2) is 0 Å². The minimum absolute atomic E-state index is 0.0741. The van der Waals surface area contributed by atoms with Gasteiger partial charge < -0.3 is 20.3 Å². The Morgan fingerprint density at radius 2 is 1.80 bits per heavy atom. The highest BCUT2D eigenvalue weighted by atomic mass is 16.5. The van der Waals surface area contributed by atoms with Crippen LogP contribution < -0.4 is 15.5 Å². The van der Waals surface area contributed by atoms with Gasteiger partial charge in [-0.3, -0.25) is 4.79 Å². The summed E-state index contributed by atoms with van der Waals surface area (Å²) in [5.74, 6) is 2.48. The van der Waals surface area contributed by atoms with Crippen LogP contribution in [0.3, 0.4) is 0 Å². The molecular formula is C26H27BN6O2. The minimum atomic E-state index is -0.224. The van der Waals surface area contributed by atoms with E-state index in [1.165, 1.54) is 5.69 Å². The van der Waals surface area contributed by atoms with Crippen LogP contribution >= 0.6 is 0 Å². The van der Waals surface area contributed by atoms with Crippen molar-refractivity contribution in [2.45, 2.75) is 25.0 Å². The molecule has 2 aliphatic rings. The molecule has 1 atom stereocenters. The summed E-state index contributed by atoms with van der Waals surface area (Å²) in [5.41, 5.74) is 4.52. The van der Waals surface area contributed by atoms with Crippen LogP contribution in [-0.4, -0.2) is 48.9 Å². The van der Waals surface area contributed by atoms with E-state index in [0.717, 1.165) is 68.1 Å². The number of hydrogen-bond acceptors (Lipinski definition) is 7. The molecule has 2 N–H and O–H groups in total. The Hall–Kier alpha value is -3.90. The molecule has 5 rings (SSSR count). The molecule has 35 heavy (non-hydrogen) atoms. The average molecular weight is 466 g/mol. The summed E-state index contributed by atoms with van der Waals surface area (Å²) < 4.78 is 5.42. The lowest BCUT2D eigenvalue weighted by Crippen LogP contribution is -2.36. The molecule has 0 bridgehead atoms. The van der Waals surface area contributed by atoms with Crippen LogP contribution in [0.15, 0.2) is 60.8 Å². The molecule has 1 aromatic heterocycles. The van der Waals surface area contributed by atoms with E-state index < -0.39 is 0 Å². The van der Waals surface area contributed by atoms with Gasteiger partial charge in [-0.25, -0.2) is 15.2 Å². The zero-order valence-corrected chi connectivity index (χ0v) is 19.5. The second-order valence-electron chi connectivity index (χ2n) is 8.88. The predicted octanol–water partition coefficient (Wildman–Crippen LogP) is 4.38. The number of morpholine rings is 1. The van der Waals surface area contributed by atoms with Crippen molar-refractivity contribution in [3.63, 3.8) is 0 Å². The quantitative estimate of drug-likeness (QED) is 0.520. The third-order valence-electron chi connectivity index (χ3n) is 6.62. The number of carbonyl (C=O) groups is 1. The number of aromatic nitrogens is 2. The Labute approximate surface area is 205 Å². The number of nitriles is 1. The van der Waals surface area contributed by atoms with Gasteiger partial charge in [0.25, 0.3) is 6.71 Å². The number of ether oxygens (including phenoxy) is 1. The molecule has 176 valence electrons. The van der Waals surface area contributed by atoms with Gasteiger partial charge in [0.2, 0.25) is 11.9 Å².